The SMILES string of the molecule is CN1CCN(c2nc3ccc(F)cc3[nH]2)CC1. The molecule has 1 saturated heterocycles. The molecule has 1 aromatic heterocycles. The molecule has 0 saturated carbocycles. The number of nitrogens with one attached hydrogen (secondary N) is 1. The molecule has 1 fully saturated rings. The second-order valence-electron chi connectivity index (χ2n) is 4.51. The van der Waals surface area contributed by atoms with Crippen molar-refractivity contribution in [2.75, 3.05) is 38.1 Å². The van der Waals surface area contributed by atoms with Gasteiger partial charge in [0.25, 0.3) is 0 Å². The summed E-state index contributed by atoms with van der Waals surface area (Å²) in [5.41, 5.74) is 1.58. The Morgan fingerprint density at radius 1 is 1.24 bits per heavy atom. The Labute approximate surface area is 99.0 Å². The molecule has 0 aliphatic carbocycles. The minimum absolute atomic E-state index is 0.230. The van der Waals surface area contributed by atoms with Crippen LogP contribution in [0.1, 0.15) is 0 Å². The van der Waals surface area contributed by atoms with Crippen LogP contribution in [0.15, 0.2) is 18.2 Å². The topological polar surface area (TPSA) is 35.2 Å². The lowest BCUT2D eigenvalue weighted by Crippen LogP contribution is -2.44. The van der Waals surface area contributed by atoms with Crippen LogP contribution in [-0.2, 0) is 0 Å². The molecule has 2 aromatic rings. The van der Waals surface area contributed by atoms with E-state index < -0.39 is 0 Å². The van der Waals surface area contributed by atoms with E-state index in [0.717, 1.165) is 43.2 Å². The maximum atomic E-state index is 13.1. The third-order valence-electron chi connectivity index (χ3n) is 3.23. The van der Waals surface area contributed by atoms with E-state index in [1.165, 1.54) is 12.1 Å². The maximum absolute atomic E-state index is 13.1. The van der Waals surface area contributed by atoms with Gasteiger partial charge in [0.2, 0.25) is 5.95 Å². The van der Waals surface area contributed by atoms with Crippen molar-refractivity contribution in [1.29, 1.82) is 0 Å². The molecule has 0 unspecified atom stereocenters. The van der Waals surface area contributed by atoms with E-state index in [4.69, 9.17) is 0 Å². The van der Waals surface area contributed by atoms with Gasteiger partial charge in [0.1, 0.15) is 5.82 Å². The van der Waals surface area contributed by atoms with Gasteiger partial charge in [-0.05, 0) is 25.2 Å². The third-order valence-corrected chi connectivity index (χ3v) is 3.23. The van der Waals surface area contributed by atoms with Gasteiger partial charge in [-0.15, -0.1) is 0 Å². The second kappa shape index (κ2) is 4.00. The van der Waals surface area contributed by atoms with Crippen LogP contribution in [0.4, 0.5) is 10.3 Å². The lowest BCUT2D eigenvalue weighted by molar-refractivity contribution is 0.311. The first-order valence-corrected chi connectivity index (χ1v) is 5.81. The molecule has 17 heavy (non-hydrogen) atoms. The van der Waals surface area contributed by atoms with Crippen LogP contribution >= 0.6 is 0 Å². The smallest absolute Gasteiger partial charge is 0.203 e. The number of aromatic amines is 1. The molecule has 0 bridgehead atoms. The fraction of sp³-hybridized carbons (Fsp3) is 0.417. The standard InChI is InChI=1S/C12H15FN4/c1-16-4-6-17(7-5-16)12-14-10-3-2-9(13)8-11(10)15-12/h2-3,8H,4-7H2,1H3,(H,14,15). The van der Waals surface area contributed by atoms with Crippen molar-refractivity contribution in [2.24, 2.45) is 0 Å². The van der Waals surface area contributed by atoms with Gasteiger partial charge in [-0.1, -0.05) is 0 Å². The summed E-state index contributed by atoms with van der Waals surface area (Å²) in [7, 11) is 2.12. The van der Waals surface area contributed by atoms with Gasteiger partial charge < -0.3 is 14.8 Å². The van der Waals surface area contributed by atoms with Gasteiger partial charge in [-0.3, -0.25) is 0 Å². The van der Waals surface area contributed by atoms with Gasteiger partial charge in [0.05, 0.1) is 11.0 Å². The van der Waals surface area contributed by atoms with Crippen LogP contribution in [0.2, 0.25) is 0 Å². The summed E-state index contributed by atoms with van der Waals surface area (Å²) in [5.74, 6) is 0.616. The minimum atomic E-state index is -0.230. The van der Waals surface area contributed by atoms with E-state index in [-0.39, 0.29) is 5.82 Å². The molecule has 0 amide bonds. The van der Waals surface area contributed by atoms with E-state index in [9.17, 15) is 4.39 Å². The van der Waals surface area contributed by atoms with Crippen molar-refractivity contribution in [3.05, 3.63) is 24.0 Å². The fourth-order valence-electron chi connectivity index (χ4n) is 2.14. The van der Waals surface area contributed by atoms with Crippen molar-refractivity contribution in [1.82, 2.24) is 14.9 Å². The first kappa shape index (κ1) is 10.5. The molecular formula is C12H15FN4. The van der Waals surface area contributed by atoms with Gasteiger partial charge in [-0.25, -0.2) is 9.37 Å². The highest BCUT2D eigenvalue weighted by Gasteiger charge is 2.17. The zero-order chi connectivity index (χ0) is 11.8. The highest BCUT2D eigenvalue weighted by molar-refractivity contribution is 5.77. The Morgan fingerprint density at radius 3 is 2.76 bits per heavy atom. The van der Waals surface area contributed by atoms with Crippen LogP contribution in [0.25, 0.3) is 11.0 Å². The number of halogens is 1. The number of hydrogen-bond donors (Lipinski definition) is 1. The molecule has 5 heteroatoms. The number of imidazole rings is 1. The Morgan fingerprint density at radius 2 is 2.00 bits per heavy atom. The summed E-state index contributed by atoms with van der Waals surface area (Å²) >= 11 is 0. The number of rotatable bonds is 1. The van der Waals surface area contributed by atoms with Gasteiger partial charge in [0, 0.05) is 26.2 Å². The lowest BCUT2D eigenvalue weighted by atomic mass is 10.3. The molecule has 1 N–H and O–H groups in total. The van der Waals surface area contributed by atoms with Crippen LogP contribution in [-0.4, -0.2) is 48.1 Å². The van der Waals surface area contributed by atoms with Crippen LogP contribution in [0.3, 0.4) is 0 Å². The molecule has 1 aliphatic heterocycles. The molecule has 1 aliphatic rings. The summed E-state index contributed by atoms with van der Waals surface area (Å²) in [4.78, 5) is 12.2. The molecule has 2 heterocycles. The number of hydrogen-bond acceptors (Lipinski definition) is 3. The number of H-pyrrole nitrogens is 1. The summed E-state index contributed by atoms with van der Waals surface area (Å²) in [6, 6.07) is 4.64. The number of anilines is 1. The van der Waals surface area contributed by atoms with Crippen LogP contribution in [0.5, 0.6) is 0 Å². The average molecular weight is 234 g/mol. The number of likely N-dealkylation sites (N-methyl/N-ethyl adjacent to an activating group) is 1. The molecule has 1 aromatic carbocycles. The van der Waals surface area contributed by atoms with Crippen LogP contribution < -0.4 is 4.90 Å². The first-order valence-electron chi connectivity index (χ1n) is 5.81. The summed E-state index contributed by atoms with van der Waals surface area (Å²) in [5, 5.41) is 0. The molecule has 4 nitrogen and oxygen atoms in total. The largest absolute Gasteiger partial charge is 0.340 e. The quantitative estimate of drug-likeness (QED) is 0.811. The summed E-state index contributed by atoms with van der Waals surface area (Å²) in [6.45, 7) is 3.98. The minimum Gasteiger partial charge on any atom is -0.340 e. The normalized spacial score (nSPS) is 17.9. The second-order valence-corrected chi connectivity index (χ2v) is 4.51. The Kier molecular flexibility index (Phi) is 2.48. The van der Waals surface area contributed by atoms with Crippen molar-refractivity contribution in [3.63, 3.8) is 0 Å². The fourth-order valence-corrected chi connectivity index (χ4v) is 2.14. The predicted octanol–water partition coefficient (Wildman–Crippen LogP) is 1.45. The molecule has 0 atom stereocenters. The van der Waals surface area contributed by atoms with Gasteiger partial charge in [-0.2, -0.15) is 0 Å². The Hall–Kier alpha value is -1.62. The lowest BCUT2D eigenvalue weighted by Gasteiger charge is -2.32. The van der Waals surface area contributed by atoms with E-state index in [2.05, 4.69) is 26.8 Å². The average Bonchev–Trinajstić information content (AvgIpc) is 2.72. The maximum Gasteiger partial charge on any atom is 0.203 e. The number of fused-ring (bicyclic) bond motifs is 1. The van der Waals surface area contributed by atoms with E-state index in [0.29, 0.717) is 0 Å². The van der Waals surface area contributed by atoms with Crippen molar-refractivity contribution in [3.8, 4) is 0 Å². The van der Waals surface area contributed by atoms with Crippen molar-refractivity contribution < 1.29 is 4.39 Å². The zero-order valence-corrected chi connectivity index (χ0v) is 9.78. The third kappa shape index (κ3) is 1.98. The number of nitrogens with zero attached hydrogens (tertiary/aromatic N) is 3. The van der Waals surface area contributed by atoms with Gasteiger partial charge in [0.15, 0.2) is 0 Å². The van der Waals surface area contributed by atoms with Crippen LogP contribution in [0, 0.1) is 5.82 Å². The molecule has 3 rings (SSSR count). The van der Waals surface area contributed by atoms with Gasteiger partial charge >= 0.3 is 0 Å². The number of piperazine rings is 1. The molecule has 90 valence electrons. The van der Waals surface area contributed by atoms with E-state index in [1.54, 1.807) is 6.07 Å². The monoisotopic (exact) mass is 234 g/mol. The Balaban J connectivity index is 1.90. The Bertz CT molecular complexity index is 528. The molecule has 0 spiro atoms. The number of benzene rings is 1. The predicted molar refractivity (Wildman–Crippen MR) is 65.8 cm³/mol. The van der Waals surface area contributed by atoms with Crippen molar-refractivity contribution in [2.45, 2.75) is 0 Å². The highest BCUT2D eigenvalue weighted by Crippen LogP contribution is 2.19. The molecule has 0 radical (unpaired) electrons. The summed E-state index contributed by atoms with van der Waals surface area (Å²) in [6.07, 6.45) is 0. The molecular weight excluding hydrogens is 219 g/mol. The summed E-state index contributed by atoms with van der Waals surface area (Å²) < 4.78 is 13.1. The number of aromatic nitrogens is 2. The zero-order valence-electron chi connectivity index (χ0n) is 9.78. The van der Waals surface area contributed by atoms with E-state index in [1.807, 2.05) is 0 Å². The van der Waals surface area contributed by atoms with E-state index >= 15 is 0 Å². The van der Waals surface area contributed by atoms with Crippen molar-refractivity contribution >= 4 is 17.0 Å². The highest BCUT2D eigenvalue weighted by atomic mass is 19.1. The first-order chi connectivity index (χ1) is 8.22.